The minimum absolute atomic E-state index is 0.115. The Morgan fingerprint density at radius 2 is 1.92 bits per heavy atom. The molecule has 1 amide bonds. The number of aromatic nitrogens is 1. The van der Waals surface area contributed by atoms with E-state index in [1.54, 1.807) is 18.3 Å². The van der Waals surface area contributed by atoms with Crippen molar-refractivity contribution in [2.75, 3.05) is 44.2 Å². The van der Waals surface area contributed by atoms with Crippen LogP contribution in [0.1, 0.15) is 16.8 Å². The van der Waals surface area contributed by atoms with Gasteiger partial charge < -0.3 is 15.2 Å². The van der Waals surface area contributed by atoms with E-state index in [9.17, 15) is 4.79 Å². The predicted molar refractivity (Wildman–Crippen MR) is 109 cm³/mol. The van der Waals surface area contributed by atoms with Gasteiger partial charge in [-0.25, -0.2) is 0 Å². The molecular formula is C19H23ClN4OS. The number of nitrogens with zero attached hydrogens (tertiary/aromatic N) is 2. The first-order valence-electron chi connectivity index (χ1n) is 8.83. The normalized spacial score (nSPS) is 15.0. The number of pyridine rings is 1. The number of carbonyl (C=O) groups excluding carboxylic acids is 1. The van der Waals surface area contributed by atoms with Gasteiger partial charge in [0.25, 0.3) is 5.91 Å². The fourth-order valence-electron chi connectivity index (χ4n) is 3.12. The van der Waals surface area contributed by atoms with Crippen molar-refractivity contribution in [3.8, 4) is 0 Å². The first kappa shape index (κ1) is 18.9. The maximum Gasteiger partial charge on any atom is 0.254 e. The van der Waals surface area contributed by atoms with Gasteiger partial charge in [-0.3, -0.25) is 9.69 Å². The van der Waals surface area contributed by atoms with Crippen molar-refractivity contribution in [3.63, 3.8) is 0 Å². The molecule has 5 nitrogen and oxygen atoms in total. The number of hydrogen-bond acceptors (Lipinski definition) is 4. The minimum Gasteiger partial charge on any atom is -0.368 e. The van der Waals surface area contributed by atoms with Gasteiger partial charge in [-0.1, -0.05) is 36.0 Å². The Morgan fingerprint density at radius 3 is 2.65 bits per heavy atom. The average molecular weight is 391 g/mol. The van der Waals surface area contributed by atoms with Gasteiger partial charge in [0.1, 0.15) is 4.64 Å². The molecule has 3 rings (SSSR count). The van der Waals surface area contributed by atoms with Gasteiger partial charge in [-0.15, -0.1) is 0 Å². The second-order valence-corrected chi connectivity index (χ2v) is 7.12. The van der Waals surface area contributed by atoms with Gasteiger partial charge in [0.05, 0.1) is 16.3 Å². The van der Waals surface area contributed by atoms with Crippen molar-refractivity contribution >= 4 is 35.4 Å². The lowest BCUT2D eigenvalue weighted by atomic mass is 10.2. The first-order chi connectivity index (χ1) is 12.6. The summed E-state index contributed by atoms with van der Waals surface area (Å²) in [5.74, 6) is -0.115. The Kier molecular flexibility index (Phi) is 6.66. The number of H-pyrrole nitrogens is 1. The summed E-state index contributed by atoms with van der Waals surface area (Å²) in [5.41, 5.74) is 1.64. The number of nitrogens with one attached hydrogen (secondary N) is 2. The second kappa shape index (κ2) is 9.16. The molecule has 1 saturated heterocycles. The van der Waals surface area contributed by atoms with E-state index in [2.05, 4.69) is 26.2 Å². The van der Waals surface area contributed by atoms with Crippen molar-refractivity contribution in [2.45, 2.75) is 6.42 Å². The molecule has 26 heavy (non-hydrogen) atoms. The summed E-state index contributed by atoms with van der Waals surface area (Å²) in [4.78, 5) is 19.7. The topological polar surface area (TPSA) is 51.4 Å². The van der Waals surface area contributed by atoms with E-state index in [0.29, 0.717) is 16.7 Å². The fourth-order valence-corrected chi connectivity index (χ4v) is 3.60. The molecule has 0 atom stereocenters. The summed E-state index contributed by atoms with van der Waals surface area (Å²) in [6, 6.07) is 11.5. The smallest absolute Gasteiger partial charge is 0.254 e. The molecule has 0 radical (unpaired) electrons. The third-order valence-electron chi connectivity index (χ3n) is 4.56. The van der Waals surface area contributed by atoms with Crippen molar-refractivity contribution in [1.82, 2.24) is 15.2 Å². The fraction of sp³-hybridized carbons (Fsp3) is 0.368. The molecule has 138 valence electrons. The predicted octanol–water partition coefficient (Wildman–Crippen LogP) is 3.34. The summed E-state index contributed by atoms with van der Waals surface area (Å²) in [7, 11) is 0. The van der Waals surface area contributed by atoms with Crippen molar-refractivity contribution in [2.24, 2.45) is 0 Å². The molecule has 0 unspecified atom stereocenters. The number of anilines is 1. The molecule has 0 spiro atoms. The van der Waals surface area contributed by atoms with Gasteiger partial charge in [-0.2, -0.15) is 0 Å². The minimum atomic E-state index is -0.115. The molecule has 1 aliphatic rings. The van der Waals surface area contributed by atoms with E-state index in [0.717, 1.165) is 49.9 Å². The molecule has 2 aromatic rings. The van der Waals surface area contributed by atoms with Crippen LogP contribution in [-0.4, -0.2) is 55.1 Å². The zero-order valence-electron chi connectivity index (χ0n) is 14.6. The molecule has 2 N–H and O–H groups in total. The van der Waals surface area contributed by atoms with E-state index in [4.69, 9.17) is 23.8 Å². The van der Waals surface area contributed by atoms with Gasteiger partial charge >= 0.3 is 0 Å². The van der Waals surface area contributed by atoms with Crippen LogP contribution in [0.2, 0.25) is 5.02 Å². The number of rotatable bonds is 6. The van der Waals surface area contributed by atoms with Crippen molar-refractivity contribution < 1.29 is 4.79 Å². The number of piperazine rings is 1. The van der Waals surface area contributed by atoms with Crippen LogP contribution in [-0.2, 0) is 0 Å². The largest absolute Gasteiger partial charge is 0.368 e. The lowest BCUT2D eigenvalue weighted by Gasteiger charge is -2.36. The Hall–Kier alpha value is -1.89. The molecule has 1 aromatic carbocycles. The van der Waals surface area contributed by atoms with Crippen LogP contribution in [0.3, 0.4) is 0 Å². The van der Waals surface area contributed by atoms with E-state index in [-0.39, 0.29) is 5.91 Å². The highest BCUT2D eigenvalue weighted by Crippen LogP contribution is 2.25. The maximum absolute atomic E-state index is 12.1. The van der Waals surface area contributed by atoms with Crippen LogP contribution >= 0.6 is 23.8 Å². The molecule has 0 bridgehead atoms. The van der Waals surface area contributed by atoms with Crippen LogP contribution in [0.4, 0.5) is 5.69 Å². The van der Waals surface area contributed by atoms with Crippen LogP contribution in [0.5, 0.6) is 0 Å². The Balaban J connectivity index is 1.38. The molecule has 1 aliphatic heterocycles. The SMILES string of the molecule is O=C(NCCCN1CCN(c2ccccc2Cl)CC1)c1ccc[nH]c1=S. The summed E-state index contributed by atoms with van der Waals surface area (Å²) >= 11 is 11.4. The average Bonchev–Trinajstić information content (AvgIpc) is 2.66. The monoisotopic (exact) mass is 390 g/mol. The van der Waals surface area contributed by atoms with Crippen LogP contribution in [0.25, 0.3) is 0 Å². The summed E-state index contributed by atoms with van der Waals surface area (Å²) in [5, 5.41) is 3.75. The zero-order chi connectivity index (χ0) is 18.4. The number of aromatic amines is 1. The summed E-state index contributed by atoms with van der Waals surface area (Å²) < 4.78 is 0.473. The first-order valence-corrected chi connectivity index (χ1v) is 9.61. The Bertz CT molecular complexity index is 802. The lowest BCUT2D eigenvalue weighted by Crippen LogP contribution is -2.47. The van der Waals surface area contributed by atoms with Gasteiger partial charge in [-0.05, 0) is 37.2 Å². The van der Waals surface area contributed by atoms with E-state index >= 15 is 0 Å². The van der Waals surface area contributed by atoms with Crippen LogP contribution in [0, 0.1) is 4.64 Å². The van der Waals surface area contributed by atoms with E-state index < -0.39 is 0 Å². The molecule has 0 aliphatic carbocycles. The molecule has 1 fully saturated rings. The molecule has 2 heterocycles. The third kappa shape index (κ3) is 4.84. The van der Waals surface area contributed by atoms with Crippen LogP contribution < -0.4 is 10.2 Å². The quantitative estimate of drug-likeness (QED) is 0.586. The zero-order valence-corrected chi connectivity index (χ0v) is 16.2. The van der Waals surface area contributed by atoms with Crippen molar-refractivity contribution in [1.29, 1.82) is 0 Å². The molecule has 1 aromatic heterocycles. The Labute approximate surface area is 164 Å². The van der Waals surface area contributed by atoms with Gasteiger partial charge in [0.2, 0.25) is 0 Å². The molecule has 0 saturated carbocycles. The summed E-state index contributed by atoms with van der Waals surface area (Å²) in [6.07, 6.45) is 2.64. The highest BCUT2D eigenvalue weighted by atomic mass is 35.5. The number of benzene rings is 1. The third-order valence-corrected chi connectivity index (χ3v) is 5.22. The summed E-state index contributed by atoms with van der Waals surface area (Å²) in [6.45, 7) is 5.56. The highest BCUT2D eigenvalue weighted by Gasteiger charge is 2.18. The second-order valence-electron chi connectivity index (χ2n) is 6.30. The number of hydrogen-bond donors (Lipinski definition) is 2. The van der Waals surface area contributed by atoms with Crippen molar-refractivity contribution in [3.05, 3.63) is 57.8 Å². The number of halogens is 1. The highest BCUT2D eigenvalue weighted by molar-refractivity contribution is 7.71. The lowest BCUT2D eigenvalue weighted by molar-refractivity contribution is 0.0950. The molecule has 7 heteroatoms. The molecular weight excluding hydrogens is 368 g/mol. The van der Waals surface area contributed by atoms with E-state index in [1.807, 2.05) is 18.2 Å². The number of carbonyl (C=O) groups is 1. The number of para-hydroxylation sites is 1. The Morgan fingerprint density at radius 1 is 1.15 bits per heavy atom. The van der Waals surface area contributed by atoms with Crippen LogP contribution in [0.15, 0.2) is 42.6 Å². The number of amides is 1. The maximum atomic E-state index is 12.1. The standard InChI is InChI=1S/C19H23ClN4OS/c20-16-6-1-2-7-17(16)24-13-11-23(12-14-24)10-4-9-21-18(25)15-5-3-8-22-19(15)26/h1-3,5-8H,4,9-14H2,(H,21,25)(H,22,26). The van der Waals surface area contributed by atoms with Gasteiger partial charge in [0.15, 0.2) is 0 Å². The van der Waals surface area contributed by atoms with Gasteiger partial charge in [0, 0.05) is 38.9 Å². The van der Waals surface area contributed by atoms with E-state index in [1.165, 1.54) is 0 Å².